The summed E-state index contributed by atoms with van der Waals surface area (Å²) >= 11 is 23.8. The van der Waals surface area contributed by atoms with Gasteiger partial charge in [-0.25, -0.2) is 32.0 Å². The molecule has 12 aromatic rings. The van der Waals surface area contributed by atoms with E-state index in [0.29, 0.717) is 103 Å². The molecule has 4 atom stereocenters. The number of hydrogen-bond donors (Lipinski definition) is 2. The SMILES string of the molecule is COC(=O)c1cc2nccc(C3CCC4(CC3)CC4C(=O)Cc3ccc(Cl)cc3)c2cc1F.O=C(Cc1ccc(Cl)cc1)C1CC12CCC(c1ccnc3cc(CO)c(F)cc13)CC2.O=C(O)c1cc2nccc(C3CCC4(CC3)CC4C(=O)Cc3ccc(Cl)cc3)c2cc1F.[AlH3].[C-]#[N+]c1cc2nccc(C3CCC4(CC3)CC4C(=O)Cc3ccc(Cl)cc3)c2cc1F.[H-].[Li+].[Li+].[OH-]. The Morgan fingerprint density at radius 1 is 0.405 bits per heavy atom. The van der Waals surface area contributed by atoms with Crippen molar-refractivity contribution in [3.63, 3.8) is 0 Å². The van der Waals surface area contributed by atoms with Crippen LogP contribution in [0.2, 0.25) is 20.1 Å². The third-order valence-corrected chi connectivity index (χ3v) is 30.6. The van der Waals surface area contributed by atoms with Gasteiger partial charge in [-0.1, -0.05) is 94.9 Å². The summed E-state index contributed by atoms with van der Waals surface area (Å²) in [6, 6.07) is 49.5. The van der Waals surface area contributed by atoms with Crippen molar-refractivity contribution in [2.24, 2.45) is 45.3 Å². The van der Waals surface area contributed by atoms with Gasteiger partial charge >= 0.3 is 49.7 Å². The van der Waals surface area contributed by atoms with Crippen LogP contribution >= 0.6 is 46.4 Å². The first-order chi connectivity index (χ1) is 61.2. The number of pyridine rings is 4. The average molecular weight is 1850 g/mol. The summed E-state index contributed by atoms with van der Waals surface area (Å²) < 4.78 is 62.2. The molecule has 0 aliphatic heterocycles. The molecule has 3 N–H and O–H groups in total. The number of carbonyl (C=O) groups is 6. The number of nitrogens with zero attached hydrogens (tertiary/aromatic N) is 5. The maximum Gasteiger partial charge on any atom is 1.00 e. The molecule has 4 spiro atoms. The number of aromatic carboxylic acids is 1. The number of ether oxygens (including phenoxy) is 1. The van der Waals surface area contributed by atoms with E-state index in [1.807, 2.05) is 121 Å². The van der Waals surface area contributed by atoms with Crippen LogP contribution in [-0.4, -0.2) is 95.2 Å². The van der Waals surface area contributed by atoms with Crippen molar-refractivity contribution in [3.8, 4) is 0 Å². The predicted molar refractivity (Wildman–Crippen MR) is 498 cm³/mol. The Labute approximate surface area is 814 Å². The third-order valence-electron chi connectivity index (χ3n) is 29.6. The minimum Gasteiger partial charge on any atom is -1.00 e. The zero-order valence-corrected chi connectivity index (χ0v) is 75.8. The molecule has 20 rings (SSSR count). The maximum atomic E-state index is 14.6. The summed E-state index contributed by atoms with van der Waals surface area (Å²) in [5, 5.41) is 24.3. The summed E-state index contributed by atoms with van der Waals surface area (Å²) in [5.74, 6) is -1.05. The summed E-state index contributed by atoms with van der Waals surface area (Å²) in [5.41, 5.74) is 11.3. The number of hydrogen-bond acceptors (Lipinski definition) is 13. The summed E-state index contributed by atoms with van der Waals surface area (Å²) in [6.45, 7) is 6.79. The number of carbonyl (C=O) groups excluding carboxylic acids is 5. The topological polar surface area (TPSA) is 238 Å². The van der Waals surface area contributed by atoms with Gasteiger partial charge in [0.15, 0.2) is 17.4 Å². The number of aliphatic hydroxyl groups excluding tert-OH is 1. The van der Waals surface area contributed by atoms with Crippen LogP contribution in [0.5, 0.6) is 0 Å². The van der Waals surface area contributed by atoms with E-state index in [1.165, 1.54) is 49.6 Å². The fourth-order valence-corrected chi connectivity index (χ4v) is 22.5. The van der Waals surface area contributed by atoms with Crippen LogP contribution < -0.4 is 37.7 Å². The van der Waals surface area contributed by atoms with Crippen molar-refractivity contribution in [1.29, 1.82) is 0 Å². The number of Topliss-reactive ketones (excluding diaryl/α,β-unsaturated/α-hetero) is 4. The largest absolute Gasteiger partial charge is 1.00 e. The molecular formula is C105H100AlCl4F4Li2N5O10. The van der Waals surface area contributed by atoms with Gasteiger partial charge in [-0.3, -0.25) is 39.1 Å². The van der Waals surface area contributed by atoms with Crippen molar-refractivity contribution < 1.29 is 106 Å². The molecule has 26 heteroatoms. The summed E-state index contributed by atoms with van der Waals surface area (Å²) in [6.07, 6.45) is 28.6. The quantitative estimate of drug-likeness (QED) is 0.0331. The van der Waals surface area contributed by atoms with Crippen molar-refractivity contribution in [2.75, 3.05) is 7.11 Å². The molecule has 666 valence electrons. The molecule has 8 aliphatic rings. The van der Waals surface area contributed by atoms with Crippen LogP contribution in [0.15, 0.2) is 195 Å². The average Bonchev–Trinajstić information content (AvgIpc) is 1.58. The number of ketones is 4. The van der Waals surface area contributed by atoms with E-state index >= 15 is 0 Å². The maximum absolute atomic E-state index is 14.6. The monoisotopic (exact) mass is 1850 g/mol. The number of esters is 1. The zero-order chi connectivity index (χ0) is 88.8. The first-order valence-electron chi connectivity index (χ1n) is 43.9. The predicted octanol–water partition coefficient (Wildman–Crippen LogP) is 18.3. The van der Waals surface area contributed by atoms with Crippen molar-refractivity contribution in [2.45, 2.75) is 184 Å². The van der Waals surface area contributed by atoms with Crippen LogP contribution in [0, 0.1) is 75.2 Å². The van der Waals surface area contributed by atoms with Gasteiger partial charge in [0.1, 0.15) is 46.4 Å². The van der Waals surface area contributed by atoms with Gasteiger partial charge in [0.25, 0.3) is 0 Å². The fourth-order valence-electron chi connectivity index (χ4n) is 22.0. The number of methoxy groups -OCH3 is 1. The van der Waals surface area contributed by atoms with Gasteiger partial charge in [-0.15, -0.1) is 0 Å². The number of carboxylic acid groups (broad SMARTS) is 1. The van der Waals surface area contributed by atoms with E-state index in [4.69, 9.17) is 53.0 Å². The van der Waals surface area contributed by atoms with Gasteiger partial charge in [-0.05, 0) is 340 Å². The number of aromatic nitrogens is 4. The number of carboxylic acids is 1. The first kappa shape index (κ1) is 99.5. The van der Waals surface area contributed by atoms with Crippen LogP contribution in [0.3, 0.4) is 0 Å². The third kappa shape index (κ3) is 21.7. The summed E-state index contributed by atoms with van der Waals surface area (Å²) in [7, 11) is 1.24. The van der Waals surface area contributed by atoms with Crippen molar-refractivity contribution >= 4 is 148 Å². The van der Waals surface area contributed by atoms with E-state index in [9.17, 15) is 56.5 Å². The van der Waals surface area contributed by atoms with Crippen molar-refractivity contribution in [1.82, 2.24) is 19.9 Å². The van der Waals surface area contributed by atoms with E-state index < -0.39 is 29.4 Å². The molecule has 0 radical (unpaired) electrons. The standard InChI is InChI=1S/C27H25ClFNO3.C26H22ClFN2O.C26H23ClFNO3.C26H25ClFNO2.Al.2Li.H2O.4H/c1-33-26(32)21-14-24-20(13-23(21)29)19(8-11-30-24)17-6-9-27(10-7-17)15-22(27)25(31)12-16-2-4-18(28)5-3-16;1-29-24-14-23-20(13-22(24)28)19(8-11-30-23)17-6-9-26(10-7-17)15-21(26)25(31)12-16-2-4-18(27)5-3-16;27-17-3-1-15(2-4-17)11-24(30)21-14-26(21)8-5-16(6-9-26)18-7-10-29-23-13-20(25(31)32)22(28)12-19(18)23;27-19-3-1-16(2-4-19)11-25(31)22-14-26(22)8-5-17(6-9-26)20-7-10-29-24-12-18(15-30)23(28)13-21(20)24;;;;;;;;/h2-5,8,11,13-14,17,22H,6-7,9-10,12,15H2,1H3;2-5,8,11,13-14,17,21H,6-7,9-10,12,15H2;1-4,7,10,12-13,16,21H,5-6,8-9,11,14H2,(H,31,32);1-4,7,10,12-13,17,22,30H,5-6,8-9,11,14-15H2;;;;1H2;;;;/q;;;;;2*+1;;;;;-1/p-1. The Morgan fingerprint density at radius 3 is 0.939 bits per heavy atom. The second-order valence-corrected chi connectivity index (χ2v) is 38.5. The normalized spacial score (nSPS) is 23.9. The molecule has 15 nitrogen and oxygen atoms in total. The minimum atomic E-state index is -1.29. The second-order valence-electron chi connectivity index (χ2n) is 36.8. The molecule has 0 saturated heterocycles. The Balaban J connectivity index is 0.000000157. The minimum absolute atomic E-state index is 0. The van der Waals surface area contributed by atoms with Crippen LogP contribution in [-0.2, 0) is 56.2 Å². The molecule has 0 amide bonds. The summed E-state index contributed by atoms with van der Waals surface area (Å²) in [4.78, 5) is 95.1. The molecule has 4 heterocycles. The second kappa shape index (κ2) is 41.9. The zero-order valence-electron chi connectivity index (χ0n) is 73.7. The van der Waals surface area contributed by atoms with Crippen LogP contribution in [0.25, 0.3) is 48.5 Å². The smallest absolute Gasteiger partial charge is 1.00 e. The Hall–Kier alpha value is -8.96. The van der Waals surface area contributed by atoms with Gasteiger partial charge in [0.2, 0.25) is 5.69 Å². The first-order valence-corrected chi connectivity index (χ1v) is 45.5. The van der Waals surface area contributed by atoms with E-state index in [2.05, 4.69) is 29.5 Å². The molecule has 8 aliphatic carbocycles. The molecule has 8 fully saturated rings. The number of halogens is 8. The van der Waals surface area contributed by atoms with Gasteiger partial charge in [-0.2, -0.15) is 0 Å². The van der Waals surface area contributed by atoms with E-state index in [0.717, 1.165) is 195 Å². The van der Waals surface area contributed by atoms with Gasteiger partial charge < -0.3 is 21.9 Å². The number of rotatable bonds is 19. The van der Waals surface area contributed by atoms with Crippen LogP contribution in [0.4, 0.5) is 23.2 Å². The number of aliphatic hydroxyl groups is 1. The number of benzene rings is 8. The molecule has 8 aromatic carbocycles. The number of fused-ring (bicyclic) bond motifs is 4. The Kier molecular flexibility index (Phi) is 31.8. The van der Waals surface area contributed by atoms with E-state index in [-0.39, 0.29) is 154 Å². The molecule has 0 bridgehead atoms. The molecule has 4 unspecified atom stereocenters. The molecule has 8 saturated carbocycles. The fraction of sp³-hybridized carbons (Fsp3) is 0.362. The molecular weight excluding hydrogens is 1750 g/mol. The van der Waals surface area contributed by atoms with Gasteiger partial charge in [0, 0.05) is 121 Å². The molecule has 4 aromatic heterocycles. The van der Waals surface area contributed by atoms with Crippen molar-refractivity contribution in [3.05, 3.63) is 311 Å². The van der Waals surface area contributed by atoms with Gasteiger partial charge in [0.05, 0.1) is 53.5 Å². The Morgan fingerprint density at radius 2 is 0.664 bits per heavy atom. The Bertz CT molecular complexity index is 6350. The van der Waals surface area contributed by atoms with Crippen LogP contribution in [0.1, 0.15) is 224 Å². The van der Waals surface area contributed by atoms with E-state index in [1.54, 1.807) is 30.9 Å². The molecule has 131 heavy (non-hydrogen) atoms.